The molecule has 1 N–H and O–H groups in total. The first-order valence-corrected chi connectivity index (χ1v) is 6.99. The van der Waals surface area contributed by atoms with Crippen LogP contribution in [0.4, 0.5) is 5.82 Å². The van der Waals surface area contributed by atoms with E-state index >= 15 is 0 Å². The number of aromatic nitrogens is 1. The highest BCUT2D eigenvalue weighted by Gasteiger charge is 2.30. The minimum absolute atomic E-state index is 0.516. The zero-order valence-electron chi connectivity index (χ0n) is 12.0. The lowest BCUT2D eigenvalue weighted by molar-refractivity contribution is 0.586. The van der Waals surface area contributed by atoms with E-state index in [1.807, 2.05) is 6.20 Å². The van der Waals surface area contributed by atoms with E-state index in [4.69, 9.17) is 0 Å². The quantitative estimate of drug-likeness (QED) is 0.838. The first-order valence-electron chi connectivity index (χ1n) is 6.99. The number of rotatable bonds is 6. The Morgan fingerprint density at radius 1 is 1.33 bits per heavy atom. The molecule has 0 bridgehead atoms. The minimum Gasteiger partial charge on any atom is -0.357 e. The molecule has 3 heteroatoms. The highest BCUT2D eigenvalue weighted by Crippen LogP contribution is 2.35. The molecule has 1 saturated carbocycles. The highest BCUT2D eigenvalue weighted by atomic mass is 15.2. The molecular formula is C15H25N3. The molecule has 2 rings (SSSR count). The van der Waals surface area contributed by atoms with E-state index < -0.39 is 0 Å². The summed E-state index contributed by atoms with van der Waals surface area (Å²) in [5.74, 6) is 1.96. The summed E-state index contributed by atoms with van der Waals surface area (Å²) in [6.45, 7) is 7.51. The van der Waals surface area contributed by atoms with Crippen LogP contribution in [0, 0.1) is 5.92 Å². The number of nitrogens with one attached hydrogen (secondary N) is 1. The average Bonchev–Trinajstić information content (AvgIpc) is 3.19. The van der Waals surface area contributed by atoms with Gasteiger partial charge in [-0.1, -0.05) is 19.9 Å². The summed E-state index contributed by atoms with van der Waals surface area (Å²) < 4.78 is 0. The summed E-state index contributed by atoms with van der Waals surface area (Å²) in [4.78, 5) is 6.88. The van der Waals surface area contributed by atoms with Crippen LogP contribution in [0.5, 0.6) is 0 Å². The standard InChI is InChI=1S/C15H25N3/c1-11(2)16-9-13-5-8-15(17-10-13)18(4)12(3)14-6-7-14/h5,8,10-12,14,16H,6-7,9H2,1-4H3. The lowest BCUT2D eigenvalue weighted by Crippen LogP contribution is -2.31. The lowest BCUT2D eigenvalue weighted by atomic mass is 10.2. The van der Waals surface area contributed by atoms with Gasteiger partial charge in [-0.3, -0.25) is 0 Å². The summed E-state index contributed by atoms with van der Waals surface area (Å²) in [5.41, 5.74) is 1.25. The van der Waals surface area contributed by atoms with Crippen molar-refractivity contribution in [3.8, 4) is 0 Å². The van der Waals surface area contributed by atoms with E-state index in [1.165, 1.54) is 18.4 Å². The molecule has 1 fully saturated rings. The molecule has 1 unspecified atom stereocenters. The number of hydrogen-bond acceptors (Lipinski definition) is 3. The predicted molar refractivity (Wildman–Crippen MR) is 76.8 cm³/mol. The van der Waals surface area contributed by atoms with Crippen molar-refractivity contribution in [2.24, 2.45) is 5.92 Å². The Bertz CT molecular complexity index is 368. The molecule has 1 aliphatic carbocycles. The summed E-state index contributed by atoms with van der Waals surface area (Å²) in [6.07, 6.45) is 4.74. The van der Waals surface area contributed by atoms with Crippen LogP contribution in [0.15, 0.2) is 18.3 Å². The molecule has 0 radical (unpaired) electrons. The zero-order chi connectivity index (χ0) is 13.1. The van der Waals surface area contributed by atoms with Gasteiger partial charge in [0.05, 0.1) is 0 Å². The molecule has 1 aliphatic rings. The molecule has 1 aromatic rings. The van der Waals surface area contributed by atoms with Crippen LogP contribution in [-0.2, 0) is 6.54 Å². The Morgan fingerprint density at radius 2 is 2.06 bits per heavy atom. The molecule has 1 aromatic heterocycles. The fraction of sp³-hybridized carbons (Fsp3) is 0.667. The average molecular weight is 247 g/mol. The molecule has 3 nitrogen and oxygen atoms in total. The summed E-state index contributed by atoms with van der Waals surface area (Å²) >= 11 is 0. The molecule has 1 atom stereocenters. The molecule has 1 heterocycles. The number of nitrogens with zero attached hydrogens (tertiary/aromatic N) is 2. The predicted octanol–water partition coefficient (Wildman–Crippen LogP) is 2.81. The van der Waals surface area contributed by atoms with Crippen molar-refractivity contribution in [2.45, 2.75) is 52.2 Å². The smallest absolute Gasteiger partial charge is 0.128 e. The molecule has 0 aliphatic heterocycles. The Kier molecular flexibility index (Phi) is 4.23. The molecule has 100 valence electrons. The first kappa shape index (κ1) is 13.3. The van der Waals surface area contributed by atoms with Gasteiger partial charge in [0.2, 0.25) is 0 Å². The Morgan fingerprint density at radius 3 is 2.56 bits per heavy atom. The Hall–Kier alpha value is -1.09. The molecule has 0 aromatic carbocycles. The maximum absolute atomic E-state index is 4.57. The van der Waals surface area contributed by atoms with Gasteiger partial charge in [-0.2, -0.15) is 0 Å². The number of anilines is 1. The fourth-order valence-electron chi connectivity index (χ4n) is 2.16. The maximum Gasteiger partial charge on any atom is 0.128 e. The lowest BCUT2D eigenvalue weighted by Gasteiger charge is -2.26. The Labute approximate surface area is 111 Å². The van der Waals surface area contributed by atoms with E-state index in [9.17, 15) is 0 Å². The van der Waals surface area contributed by atoms with Crippen molar-refractivity contribution >= 4 is 5.82 Å². The van der Waals surface area contributed by atoms with E-state index in [2.05, 4.69) is 55.2 Å². The van der Waals surface area contributed by atoms with Gasteiger partial charge in [0.1, 0.15) is 5.82 Å². The largest absolute Gasteiger partial charge is 0.357 e. The monoisotopic (exact) mass is 247 g/mol. The van der Waals surface area contributed by atoms with Gasteiger partial charge in [-0.15, -0.1) is 0 Å². The van der Waals surface area contributed by atoms with Crippen molar-refractivity contribution in [2.75, 3.05) is 11.9 Å². The summed E-state index contributed by atoms with van der Waals surface area (Å²) in [6, 6.07) is 5.43. The second-order valence-electron chi connectivity index (χ2n) is 5.75. The van der Waals surface area contributed by atoms with Crippen LogP contribution < -0.4 is 10.2 Å². The Balaban J connectivity index is 1.93. The van der Waals surface area contributed by atoms with E-state index in [0.717, 1.165) is 18.3 Å². The van der Waals surface area contributed by atoms with E-state index in [1.54, 1.807) is 0 Å². The molecular weight excluding hydrogens is 222 g/mol. The molecule has 0 amide bonds. The van der Waals surface area contributed by atoms with Crippen molar-refractivity contribution < 1.29 is 0 Å². The van der Waals surface area contributed by atoms with Crippen LogP contribution in [0.1, 0.15) is 39.2 Å². The van der Waals surface area contributed by atoms with E-state index in [-0.39, 0.29) is 0 Å². The third-order valence-corrected chi connectivity index (χ3v) is 3.80. The zero-order valence-corrected chi connectivity index (χ0v) is 12.0. The van der Waals surface area contributed by atoms with Crippen LogP contribution in [0.25, 0.3) is 0 Å². The van der Waals surface area contributed by atoms with Gasteiger partial charge in [0.25, 0.3) is 0 Å². The first-order chi connectivity index (χ1) is 8.58. The van der Waals surface area contributed by atoms with Crippen molar-refractivity contribution in [1.82, 2.24) is 10.3 Å². The topological polar surface area (TPSA) is 28.2 Å². The molecule has 18 heavy (non-hydrogen) atoms. The maximum atomic E-state index is 4.57. The van der Waals surface area contributed by atoms with Gasteiger partial charge in [-0.25, -0.2) is 4.98 Å². The molecule has 0 saturated heterocycles. The van der Waals surface area contributed by atoms with Gasteiger partial charge >= 0.3 is 0 Å². The summed E-state index contributed by atoms with van der Waals surface area (Å²) in [7, 11) is 2.15. The van der Waals surface area contributed by atoms with Crippen LogP contribution in [0.3, 0.4) is 0 Å². The van der Waals surface area contributed by atoms with Gasteiger partial charge in [0.15, 0.2) is 0 Å². The second-order valence-corrected chi connectivity index (χ2v) is 5.75. The second kappa shape index (κ2) is 5.70. The van der Waals surface area contributed by atoms with Gasteiger partial charge in [-0.05, 0) is 37.3 Å². The van der Waals surface area contributed by atoms with Crippen molar-refractivity contribution in [1.29, 1.82) is 0 Å². The van der Waals surface area contributed by atoms with Crippen molar-refractivity contribution in [3.63, 3.8) is 0 Å². The van der Waals surface area contributed by atoms with Crippen LogP contribution in [0.2, 0.25) is 0 Å². The van der Waals surface area contributed by atoms with Crippen LogP contribution in [-0.4, -0.2) is 24.1 Å². The van der Waals surface area contributed by atoms with Gasteiger partial charge < -0.3 is 10.2 Å². The third kappa shape index (κ3) is 3.45. The van der Waals surface area contributed by atoms with Gasteiger partial charge in [0, 0.05) is 31.9 Å². The van der Waals surface area contributed by atoms with Crippen molar-refractivity contribution in [3.05, 3.63) is 23.9 Å². The third-order valence-electron chi connectivity index (χ3n) is 3.80. The SMILES string of the molecule is CC(C)NCc1ccc(N(C)C(C)C2CC2)nc1. The molecule has 0 spiro atoms. The van der Waals surface area contributed by atoms with Crippen LogP contribution >= 0.6 is 0 Å². The van der Waals surface area contributed by atoms with E-state index in [0.29, 0.717) is 12.1 Å². The number of pyridine rings is 1. The summed E-state index contributed by atoms with van der Waals surface area (Å²) in [5, 5.41) is 3.41. The minimum atomic E-state index is 0.516. The normalized spacial score (nSPS) is 16.9. The fourth-order valence-corrected chi connectivity index (χ4v) is 2.16. The number of hydrogen-bond donors (Lipinski definition) is 1. The highest BCUT2D eigenvalue weighted by molar-refractivity contribution is 5.40.